The molecular formula is C14H18N4O3. The minimum atomic E-state index is -0.500. The van der Waals surface area contributed by atoms with Crippen LogP contribution in [0.2, 0.25) is 0 Å². The van der Waals surface area contributed by atoms with Gasteiger partial charge in [0.15, 0.2) is 5.65 Å². The highest BCUT2D eigenvalue weighted by molar-refractivity contribution is 5.76. The summed E-state index contributed by atoms with van der Waals surface area (Å²) in [4.78, 5) is 24.1. The fourth-order valence-electron chi connectivity index (χ4n) is 2.74. The quantitative estimate of drug-likeness (QED) is 0.827. The first-order chi connectivity index (χ1) is 10.1. The van der Waals surface area contributed by atoms with Crippen molar-refractivity contribution in [2.75, 3.05) is 0 Å². The van der Waals surface area contributed by atoms with Crippen LogP contribution in [0, 0.1) is 0 Å². The fraction of sp³-hybridized carbons (Fsp3) is 0.500. The summed E-state index contributed by atoms with van der Waals surface area (Å²) in [6.45, 7) is -0.135. The van der Waals surface area contributed by atoms with Crippen LogP contribution in [0.4, 0.5) is 0 Å². The van der Waals surface area contributed by atoms with Gasteiger partial charge in [-0.3, -0.25) is 9.20 Å². The second-order valence-corrected chi connectivity index (χ2v) is 5.39. The summed E-state index contributed by atoms with van der Waals surface area (Å²) >= 11 is 0. The molecular weight excluding hydrogens is 272 g/mol. The van der Waals surface area contributed by atoms with E-state index in [9.17, 15) is 14.7 Å². The molecule has 2 aromatic heterocycles. The first-order valence-electron chi connectivity index (χ1n) is 7.17. The fourth-order valence-corrected chi connectivity index (χ4v) is 2.74. The molecule has 1 aliphatic rings. The van der Waals surface area contributed by atoms with Crippen LogP contribution < -0.4 is 11.0 Å². The predicted molar refractivity (Wildman–Crippen MR) is 75.9 cm³/mol. The molecule has 2 heterocycles. The molecule has 0 aliphatic heterocycles. The Morgan fingerprint density at radius 2 is 2.19 bits per heavy atom. The maximum Gasteiger partial charge on any atom is 0.350 e. The highest BCUT2D eigenvalue weighted by Gasteiger charge is 2.24. The summed E-state index contributed by atoms with van der Waals surface area (Å²) < 4.78 is 2.53. The molecule has 0 aromatic carbocycles. The molecule has 21 heavy (non-hydrogen) atoms. The Balaban J connectivity index is 1.71. The molecule has 7 heteroatoms. The van der Waals surface area contributed by atoms with E-state index >= 15 is 0 Å². The maximum absolute atomic E-state index is 12.1. The van der Waals surface area contributed by atoms with Crippen LogP contribution in [-0.4, -0.2) is 37.3 Å². The van der Waals surface area contributed by atoms with Crippen molar-refractivity contribution in [3.63, 3.8) is 0 Å². The van der Waals surface area contributed by atoms with E-state index in [0.29, 0.717) is 12.1 Å². The molecule has 1 saturated carbocycles. The zero-order valence-corrected chi connectivity index (χ0v) is 11.6. The van der Waals surface area contributed by atoms with E-state index < -0.39 is 6.10 Å². The summed E-state index contributed by atoms with van der Waals surface area (Å²) in [7, 11) is 0. The Morgan fingerprint density at radius 1 is 1.38 bits per heavy atom. The molecule has 2 aromatic rings. The van der Waals surface area contributed by atoms with Crippen molar-refractivity contribution in [2.24, 2.45) is 0 Å². The summed E-state index contributed by atoms with van der Waals surface area (Å²) in [6.07, 6.45) is 4.58. The van der Waals surface area contributed by atoms with Crippen LogP contribution in [0.3, 0.4) is 0 Å². The lowest BCUT2D eigenvalue weighted by atomic mass is 9.92. The van der Waals surface area contributed by atoms with Crippen molar-refractivity contribution in [2.45, 2.75) is 44.4 Å². The number of hydrogen-bond acceptors (Lipinski definition) is 4. The Morgan fingerprint density at radius 3 is 2.95 bits per heavy atom. The number of aliphatic hydroxyl groups is 1. The average molecular weight is 290 g/mol. The molecule has 112 valence electrons. The topological polar surface area (TPSA) is 88.6 Å². The number of nitrogens with zero attached hydrogens (tertiary/aromatic N) is 3. The normalized spacial score (nSPS) is 22.3. The van der Waals surface area contributed by atoms with Gasteiger partial charge in [-0.2, -0.15) is 0 Å². The van der Waals surface area contributed by atoms with Gasteiger partial charge in [-0.15, -0.1) is 5.10 Å². The van der Waals surface area contributed by atoms with E-state index in [1.165, 1.54) is 4.40 Å². The number of hydrogen-bond donors (Lipinski definition) is 2. The van der Waals surface area contributed by atoms with E-state index in [0.717, 1.165) is 23.9 Å². The summed E-state index contributed by atoms with van der Waals surface area (Å²) in [5, 5.41) is 16.7. The second kappa shape index (κ2) is 5.69. The highest BCUT2D eigenvalue weighted by Crippen LogP contribution is 2.18. The molecule has 0 bridgehead atoms. The SMILES string of the molecule is O=C(Cn1nc2ccccn2c1=O)N[C@H]1CCCC[C@@H]1O. The highest BCUT2D eigenvalue weighted by atomic mass is 16.3. The van der Waals surface area contributed by atoms with Crippen LogP contribution >= 0.6 is 0 Å². The number of rotatable bonds is 3. The van der Waals surface area contributed by atoms with Crippen LogP contribution in [0.25, 0.3) is 5.65 Å². The zero-order chi connectivity index (χ0) is 14.8. The maximum atomic E-state index is 12.1. The summed E-state index contributed by atoms with van der Waals surface area (Å²) in [6, 6.07) is 5.00. The van der Waals surface area contributed by atoms with Gasteiger partial charge in [0.05, 0.1) is 12.1 Å². The Bertz CT molecular complexity index is 706. The van der Waals surface area contributed by atoms with Gasteiger partial charge in [-0.25, -0.2) is 9.48 Å². The van der Waals surface area contributed by atoms with Crippen LogP contribution in [0.1, 0.15) is 25.7 Å². The lowest BCUT2D eigenvalue weighted by Crippen LogP contribution is -2.46. The molecule has 0 spiro atoms. The van der Waals surface area contributed by atoms with Gasteiger partial charge in [-0.1, -0.05) is 18.9 Å². The number of nitrogens with one attached hydrogen (secondary N) is 1. The Kier molecular flexibility index (Phi) is 3.74. The molecule has 1 amide bonds. The average Bonchev–Trinajstić information content (AvgIpc) is 2.78. The van der Waals surface area contributed by atoms with E-state index in [-0.39, 0.29) is 24.2 Å². The van der Waals surface area contributed by atoms with Crippen molar-refractivity contribution in [1.82, 2.24) is 19.5 Å². The molecule has 7 nitrogen and oxygen atoms in total. The minimum Gasteiger partial charge on any atom is -0.391 e. The van der Waals surface area contributed by atoms with Crippen molar-refractivity contribution in [1.29, 1.82) is 0 Å². The van der Waals surface area contributed by atoms with E-state index in [1.54, 1.807) is 24.4 Å². The van der Waals surface area contributed by atoms with Crippen LogP contribution in [0.15, 0.2) is 29.2 Å². The number of pyridine rings is 1. The van der Waals surface area contributed by atoms with Crippen molar-refractivity contribution >= 4 is 11.6 Å². The van der Waals surface area contributed by atoms with Gasteiger partial charge in [0.1, 0.15) is 6.54 Å². The number of amides is 1. The Hall–Kier alpha value is -2.15. The standard InChI is InChI=1S/C14H18N4O3/c19-11-6-2-1-5-10(11)15-13(20)9-18-14(21)17-8-4-3-7-12(17)16-18/h3-4,7-8,10-11,19H,1-2,5-6,9H2,(H,15,20)/t10-,11-/m0/s1. The lowest BCUT2D eigenvalue weighted by molar-refractivity contribution is -0.123. The summed E-state index contributed by atoms with van der Waals surface area (Å²) in [5.74, 6) is -0.300. The third-order valence-corrected chi connectivity index (χ3v) is 3.86. The van der Waals surface area contributed by atoms with E-state index in [2.05, 4.69) is 10.4 Å². The molecule has 3 rings (SSSR count). The number of aromatic nitrogens is 3. The van der Waals surface area contributed by atoms with Gasteiger partial charge >= 0.3 is 5.69 Å². The molecule has 1 fully saturated rings. The number of fused-ring (bicyclic) bond motifs is 1. The van der Waals surface area contributed by atoms with E-state index in [4.69, 9.17) is 0 Å². The first kappa shape index (κ1) is 13.8. The van der Waals surface area contributed by atoms with E-state index in [1.807, 2.05) is 0 Å². The third kappa shape index (κ3) is 2.82. The number of carbonyl (C=O) groups is 1. The zero-order valence-electron chi connectivity index (χ0n) is 11.6. The Labute approximate surface area is 121 Å². The largest absolute Gasteiger partial charge is 0.391 e. The monoisotopic (exact) mass is 290 g/mol. The van der Waals surface area contributed by atoms with Gasteiger partial charge in [0.25, 0.3) is 0 Å². The predicted octanol–water partition coefficient (Wildman–Crippen LogP) is -0.0843. The number of aliphatic hydroxyl groups excluding tert-OH is 1. The van der Waals surface area contributed by atoms with Crippen molar-refractivity contribution < 1.29 is 9.90 Å². The second-order valence-electron chi connectivity index (χ2n) is 5.39. The first-order valence-corrected chi connectivity index (χ1v) is 7.17. The van der Waals surface area contributed by atoms with Gasteiger partial charge in [0.2, 0.25) is 5.91 Å². The third-order valence-electron chi connectivity index (χ3n) is 3.86. The molecule has 0 saturated heterocycles. The van der Waals surface area contributed by atoms with Gasteiger partial charge < -0.3 is 10.4 Å². The number of carbonyl (C=O) groups excluding carboxylic acids is 1. The molecule has 2 N–H and O–H groups in total. The lowest BCUT2D eigenvalue weighted by Gasteiger charge is -2.28. The van der Waals surface area contributed by atoms with Crippen LogP contribution in [0.5, 0.6) is 0 Å². The molecule has 0 radical (unpaired) electrons. The van der Waals surface area contributed by atoms with Crippen LogP contribution in [-0.2, 0) is 11.3 Å². The van der Waals surface area contributed by atoms with Gasteiger partial charge in [-0.05, 0) is 25.0 Å². The minimum absolute atomic E-state index is 0.135. The molecule has 2 atom stereocenters. The molecule has 0 unspecified atom stereocenters. The summed E-state index contributed by atoms with van der Waals surface area (Å²) in [5.41, 5.74) is 0.165. The van der Waals surface area contributed by atoms with Gasteiger partial charge in [0, 0.05) is 6.20 Å². The smallest absolute Gasteiger partial charge is 0.350 e. The van der Waals surface area contributed by atoms with Crippen molar-refractivity contribution in [3.8, 4) is 0 Å². The van der Waals surface area contributed by atoms with Crippen molar-refractivity contribution in [3.05, 3.63) is 34.9 Å². The molecule has 1 aliphatic carbocycles.